The van der Waals surface area contributed by atoms with Gasteiger partial charge in [-0.1, -0.05) is 42.0 Å². The average molecular weight is 432 g/mol. The zero-order valence-electron chi connectivity index (χ0n) is 18.1. The van der Waals surface area contributed by atoms with Crippen molar-refractivity contribution in [2.75, 3.05) is 17.2 Å². The minimum Gasteiger partial charge on any atom is -0.455 e. The summed E-state index contributed by atoms with van der Waals surface area (Å²) in [5, 5.41) is 5.32. The van der Waals surface area contributed by atoms with Crippen molar-refractivity contribution < 1.29 is 23.9 Å². The lowest BCUT2D eigenvalue weighted by Crippen LogP contribution is -2.22. The number of esters is 1. The van der Waals surface area contributed by atoms with Crippen molar-refractivity contribution in [2.45, 2.75) is 20.8 Å². The predicted molar refractivity (Wildman–Crippen MR) is 122 cm³/mol. The van der Waals surface area contributed by atoms with Gasteiger partial charge in [0.2, 0.25) is 5.91 Å². The Hall–Kier alpha value is -4.13. The Labute approximate surface area is 186 Å². The third kappa shape index (κ3) is 5.95. The van der Waals surface area contributed by atoms with Gasteiger partial charge in [-0.25, -0.2) is 4.79 Å². The maximum absolute atomic E-state index is 12.5. The lowest BCUT2D eigenvalue weighted by Gasteiger charge is -2.14. The molecule has 3 aromatic rings. The number of carbonyl (C=O) groups is 3. The molecular weight excluding hydrogens is 408 g/mol. The first-order valence-electron chi connectivity index (χ1n) is 10.0. The largest absolute Gasteiger partial charge is 0.455 e. The number of ether oxygens (including phenoxy) is 2. The van der Waals surface area contributed by atoms with Gasteiger partial charge in [0, 0.05) is 6.92 Å². The van der Waals surface area contributed by atoms with Crippen LogP contribution in [0.3, 0.4) is 0 Å². The van der Waals surface area contributed by atoms with Crippen LogP contribution in [0.5, 0.6) is 11.5 Å². The maximum atomic E-state index is 12.5. The molecule has 0 unspecified atom stereocenters. The van der Waals surface area contributed by atoms with E-state index in [9.17, 15) is 14.4 Å². The number of para-hydroxylation sites is 3. The van der Waals surface area contributed by atoms with Crippen LogP contribution in [0.1, 0.15) is 28.4 Å². The molecular formula is C25H24N2O5. The van der Waals surface area contributed by atoms with E-state index < -0.39 is 18.5 Å². The number of benzene rings is 3. The van der Waals surface area contributed by atoms with E-state index in [2.05, 4.69) is 10.6 Å². The van der Waals surface area contributed by atoms with E-state index in [1.54, 1.807) is 43.3 Å². The number of hydrogen-bond donors (Lipinski definition) is 2. The second kappa shape index (κ2) is 10.3. The van der Waals surface area contributed by atoms with E-state index >= 15 is 0 Å². The monoisotopic (exact) mass is 432 g/mol. The second-order valence-corrected chi connectivity index (χ2v) is 7.21. The van der Waals surface area contributed by atoms with Crippen LogP contribution in [0.15, 0.2) is 66.7 Å². The molecule has 3 rings (SSSR count). The van der Waals surface area contributed by atoms with Gasteiger partial charge in [-0.2, -0.15) is 0 Å². The first-order chi connectivity index (χ1) is 15.3. The molecule has 0 heterocycles. The number of amides is 2. The van der Waals surface area contributed by atoms with Gasteiger partial charge < -0.3 is 20.1 Å². The van der Waals surface area contributed by atoms with Crippen LogP contribution in [0.25, 0.3) is 0 Å². The van der Waals surface area contributed by atoms with Gasteiger partial charge in [0.25, 0.3) is 5.91 Å². The number of anilines is 2. The zero-order valence-corrected chi connectivity index (χ0v) is 18.1. The minimum absolute atomic E-state index is 0.177. The molecule has 7 nitrogen and oxygen atoms in total. The Morgan fingerprint density at radius 2 is 1.56 bits per heavy atom. The Morgan fingerprint density at radius 1 is 0.844 bits per heavy atom. The van der Waals surface area contributed by atoms with E-state index in [1.165, 1.54) is 13.0 Å². The number of carbonyl (C=O) groups excluding carboxylic acids is 3. The molecule has 0 aliphatic rings. The van der Waals surface area contributed by atoms with Crippen LogP contribution in [0.2, 0.25) is 0 Å². The highest BCUT2D eigenvalue weighted by Crippen LogP contribution is 2.29. The van der Waals surface area contributed by atoms with Crippen LogP contribution in [0, 0.1) is 13.8 Å². The second-order valence-electron chi connectivity index (χ2n) is 7.21. The van der Waals surface area contributed by atoms with E-state index in [0.29, 0.717) is 28.4 Å². The Kier molecular flexibility index (Phi) is 7.23. The summed E-state index contributed by atoms with van der Waals surface area (Å²) in [6.45, 7) is 4.60. The van der Waals surface area contributed by atoms with Crippen molar-refractivity contribution in [2.24, 2.45) is 0 Å². The van der Waals surface area contributed by atoms with Gasteiger partial charge in [0.15, 0.2) is 12.4 Å². The summed E-state index contributed by atoms with van der Waals surface area (Å²) in [4.78, 5) is 36.4. The molecule has 0 atom stereocenters. The Balaban J connectivity index is 1.65. The van der Waals surface area contributed by atoms with Crippen LogP contribution in [-0.4, -0.2) is 24.4 Å². The normalized spacial score (nSPS) is 10.2. The molecule has 0 spiro atoms. The van der Waals surface area contributed by atoms with Gasteiger partial charge in [0.05, 0.1) is 16.9 Å². The van der Waals surface area contributed by atoms with Crippen molar-refractivity contribution in [3.63, 3.8) is 0 Å². The van der Waals surface area contributed by atoms with E-state index in [-0.39, 0.29) is 11.5 Å². The number of hydrogen-bond acceptors (Lipinski definition) is 5. The molecule has 0 aliphatic heterocycles. The molecule has 0 fully saturated rings. The molecule has 0 aliphatic carbocycles. The summed E-state index contributed by atoms with van der Waals surface area (Å²) in [5.74, 6) is -0.448. The van der Waals surface area contributed by atoms with Crippen LogP contribution in [0.4, 0.5) is 11.4 Å². The highest BCUT2D eigenvalue weighted by molar-refractivity contribution is 6.03. The lowest BCUT2D eigenvalue weighted by atomic mass is 10.1. The fourth-order valence-electron chi connectivity index (χ4n) is 2.97. The summed E-state index contributed by atoms with van der Waals surface area (Å²) in [6.07, 6.45) is 0. The van der Waals surface area contributed by atoms with E-state index in [4.69, 9.17) is 9.47 Å². The van der Waals surface area contributed by atoms with Crippen molar-refractivity contribution in [1.82, 2.24) is 0 Å². The lowest BCUT2D eigenvalue weighted by molar-refractivity contribution is -0.119. The fraction of sp³-hybridized carbons (Fsp3) is 0.160. The molecule has 0 radical (unpaired) electrons. The third-order valence-corrected chi connectivity index (χ3v) is 4.54. The number of nitrogens with one attached hydrogen (secondary N) is 2. The first-order valence-corrected chi connectivity index (χ1v) is 10.0. The van der Waals surface area contributed by atoms with Crippen molar-refractivity contribution in [1.29, 1.82) is 0 Å². The van der Waals surface area contributed by atoms with Crippen molar-refractivity contribution >= 4 is 29.2 Å². The number of rotatable bonds is 7. The van der Waals surface area contributed by atoms with Gasteiger partial charge >= 0.3 is 5.97 Å². The van der Waals surface area contributed by atoms with Gasteiger partial charge in [0.1, 0.15) is 5.75 Å². The molecule has 7 heteroatoms. The third-order valence-electron chi connectivity index (χ3n) is 4.54. The summed E-state index contributed by atoms with van der Waals surface area (Å²) >= 11 is 0. The quantitative estimate of drug-likeness (QED) is 0.521. The summed E-state index contributed by atoms with van der Waals surface area (Å²) in [7, 11) is 0. The summed E-state index contributed by atoms with van der Waals surface area (Å²) in [6, 6.07) is 19.5. The van der Waals surface area contributed by atoms with Crippen molar-refractivity contribution in [3.8, 4) is 11.5 Å². The Morgan fingerprint density at radius 3 is 2.28 bits per heavy atom. The summed E-state index contributed by atoms with van der Waals surface area (Å²) < 4.78 is 11.0. The standard InChI is InChI=1S/C25H24N2O5/c1-16-11-13-19(14-12-16)32-22-10-5-4-9-21(22)27-23(29)15-31-25(30)20-8-6-7-17(2)24(20)26-18(3)28/h4-14H,15H2,1-3H3,(H,26,28)(H,27,29). The topological polar surface area (TPSA) is 93.7 Å². The summed E-state index contributed by atoms with van der Waals surface area (Å²) in [5.41, 5.74) is 2.80. The SMILES string of the molecule is CC(=O)Nc1c(C)cccc1C(=O)OCC(=O)Nc1ccccc1Oc1ccc(C)cc1. The predicted octanol–water partition coefficient (Wildman–Crippen LogP) is 4.85. The van der Waals surface area contributed by atoms with Crippen LogP contribution >= 0.6 is 0 Å². The Bertz CT molecular complexity index is 1140. The van der Waals surface area contributed by atoms with Crippen LogP contribution in [-0.2, 0) is 14.3 Å². The van der Waals surface area contributed by atoms with Gasteiger partial charge in [-0.05, 0) is 49.7 Å². The van der Waals surface area contributed by atoms with Crippen molar-refractivity contribution in [3.05, 3.63) is 83.4 Å². The van der Waals surface area contributed by atoms with E-state index in [1.807, 2.05) is 31.2 Å². The molecule has 2 N–H and O–H groups in total. The van der Waals surface area contributed by atoms with Gasteiger partial charge in [-0.15, -0.1) is 0 Å². The number of aryl methyl sites for hydroxylation is 2. The fourth-order valence-corrected chi connectivity index (χ4v) is 2.97. The average Bonchev–Trinajstić information content (AvgIpc) is 2.76. The van der Waals surface area contributed by atoms with E-state index in [0.717, 1.165) is 5.56 Å². The van der Waals surface area contributed by atoms with Gasteiger partial charge in [-0.3, -0.25) is 9.59 Å². The zero-order chi connectivity index (χ0) is 23.1. The molecule has 0 saturated carbocycles. The smallest absolute Gasteiger partial charge is 0.340 e. The molecule has 32 heavy (non-hydrogen) atoms. The molecule has 0 aromatic heterocycles. The molecule has 164 valence electrons. The molecule has 0 bridgehead atoms. The molecule has 2 amide bonds. The van der Waals surface area contributed by atoms with Crippen LogP contribution < -0.4 is 15.4 Å². The molecule has 3 aromatic carbocycles. The maximum Gasteiger partial charge on any atom is 0.340 e. The first kappa shape index (κ1) is 22.6. The highest BCUT2D eigenvalue weighted by Gasteiger charge is 2.17. The highest BCUT2D eigenvalue weighted by atomic mass is 16.5. The minimum atomic E-state index is -0.711. The molecule has 0 saturated heterocycles.